The van der Waals surface area contributed by atoms with Crippen LogP contribution in [0.25, 0.3) is 6.08 Å². The summed E-state index contributed by atoms with van der Waals surface area (Å²) in [4.78, 5) is 52.2. The number of esters is 1. The van der Waals surface area contributed by atoms with Crippen molar-refractivity contribution in [1.82, 2.24) is 5.32 Å². The van der Waals surface area contributed by atoms with Gasteiger partial charge in [0, 0.05) is 17.1 Å². The number of rotatable bonds is 9. The van der Waals surface area contributed by atoms with Crippen molar-refractivity contribution in [2.75, 3.05) is 23.4 Å². The van der Waals surface area contributed by atoms with Crippen molar-refractivity contribution in [3.63, 3.8) is 0 Å². The van der Waals surface area contributed by atoms with E-state index in [1.54, 1.807) is 80.6 Å². The molecule has 0 aliphatic carbocycles. The Morgan fingerprint density at radius 3 is 2.33 bits per heavy atom. The third kappa shape index (κ3) is 6.29. The third-order valence-electron chi connectivity index (χ3n) is 5.92. The van der Waals surface area contributed by atoms with Gasteiger partial charge in [0.15, 0.2) is 0 Å². The second-order valence-electron chi connectivity index (χ2n) is 8.61. The molecule has 3 aromatic rings. The maximum absolute atomic E-state index is 13.5. The average molecular weight is 544 g/mol. The minimum Gasteiger partial charge on any atom is -0.494 e. The molecule has 2 heterocycles. The van der Waals surface area contributed by atoms with Gasteiger partial charge in [0.1, 0.15) is 17.3 Å². The molecular formula is C30H29N3O7. The number of nitrogens with zero attached hydrogens (tertiary/aromatic N) is 1. The van der Waals surface area contributed by atoms with Gasteiger partial charge in [-0.2, -0.15) is 0 Å². The molecule has 40 heavy (non-hydrogen) atoms. The van der Waals surface area contributed by atoms with Gasteiger partial charge in [0.2, 0.25) is 0 Å². The largest absolute Gasteiger partial charge is 0.494 e. The summed E-state index contributed by atoms with van der Waals surface area (Å²) in [6, 6.07) is 18.8. The van der Waals surface area contributed by atoms with Crippen LogP contribution in [0.4, 0.5) is 11.4 Å². The highest BCUT2D eigenvalue weighted by Gasteiger charge is 2.38. The van der Waals surface area contributed by atoms with Crippen LogP contribution in [0.2, 0.25) is 0 Å². The molecule has 0 fully saturated rings. The van der Waals surface area contributed by atoms with E-state index in [0.717, 1.165) is 0 Å². The first-order chi connectivity index (χ1) is 19.3. The Morgan fingerprint density at radius 1 is 0.925 bits per heavy atom. The first-order valence-electron chi connectivity index (χ1n) is 12.7. The number of amides is 3. The van der Waals surface area contributed by atoms with Gasteiger partial charge >= 0.3 is 17.8 Å². The molecule has 2 aromatic carbocycles. The number of hydrogen-bond acceptors (Lipinski definition) is 7. The zero-order chi connectivity index (χ0) is 28.6. The molecule has 0 unspecified atom stereocenters. The lowest BCUT2D eigenvalue weighted by Gasteiger charge is -2.18. The Bertz CT molecular complexity index is 1470. The van der Waals surface area contributed by atoms with Crippen LogP contribution in [0.1, 0.15) is 32.3 Å². The van der Waals surface area contributed by atoms with E-state index in [1.807, 2.05) is 6.92 Å². The van der Waals surface area contributed by atoms with Crippen LogP contribution in [0.15, 0.2) is 88.0 Å². The fraction of sp³-hybridized carbons (Fsp3) is 0.200. The van der Waals surface area contributed by atoms with E-state index >= 15 is 0 Å². The molecule has 0 bridgehead atoms. The minimum atomic E-state index is -0.833. The molecule has 1 aromatic heterocycles. The zero-order valence-corrected chi connectivity index (χ0v) is 22.4. The van der Waals surface area contributed by atoms with Crippen LogP contribution < -0.4 is 20.3 Å². The molecule has 2 N–H and O–H groups in total. The first-order valence-corrected chi connectivity index (χ1v) is 12.7. The zero-order valence-electron chi connectivity index (χ0n) is 22.4. The van der Waals surface area contributed by atoms with Gasteiger partial charge in [-0.3, -0.25) is 19.3 Å². The summed E-state index contributed by atoms with van der Waals surface area (Å²) in [5.41, 5.74) is 1.72. The highest BCUT2D eigenvalue weighted by molar-refractivity contribution is 6.39. The average Bonchev–Trinajstić information content (AvgIpc) is 3.50. The molecule has 0 spiro atoms. The van der Waals surface area contributed by atoms with Crippen molar-refractivity contribution < 1.29 is 33.1 Å². The van der Waals surface area contributed by atoms with Crippen molar-refractivity contribution in [3.8, 4) is 5.75 Å². The number of para-hydroxylation sites is 1. The second-order valence-corrected chi connectivity index (χ2v) is 8.61. The predicted molar refractivity (Wildman–Crippen MR) is 148 cm³/mol. The number of anilines is 2. The van der Waals surface area contributed by atoms with E-state index in [9.17, 15) is 19.2 Å². The summed E-state index contributed by atoms with van der Waals surface area (Å²) in [6.07, 6.45) is 1.46. The Morgan fingerprint density at radius 2 is 1.65 bits per heavy atom. The number of carbonyl (C=O) groups is 4. The lowest BCUT2D eigenvalue weighted by Crippen LogP contribution is -2.34. The number of hydrogen-bond donors (Lipinski definition) is 2. The molecular weight excluding hydrogens is 514 g/mol. The Labute approximate surface area is 231 Å². The smallest absolute Gasteiger partial charge is 0.340 e. The Balaban J connectivity index is 1.51. The van der Waals surface area contributed by atoms with Gasteiger partial charge in [0.25, 0.3) is 5.91 Å². The number of nitrogens with one attached hydrogen (secondary N) is 2. The van der Waals surface area contributed by atoms with Crippen molar-refractivity contribution in [2.45, 2.75) is 27.3 Å². The van der Waals surface area contributed by atoms with Gasteiger partial charge in [-0.25, -0.2) is 4.79 Å². The van der Waals surface area contributed by atoms with Gasteiger partial charge in [-0.1, -0.05) is 18.2 Å². The maximum atomic E-state index is 13.5. The topological polar surface area (TPSA) is 127 Å². The van der Waals surface area contributed by atoms with E-state index in [2.05, 4.69) is 10.6 Å². The molecule has 1 aliphatic rings. The quantitative estimate of drug-likeness (QED) is 0.235. The van der Waals surface area contributed by atoms with Crippen LogP contribution in [-0.4, -0.2) is 36.9 Å². The Hall–Kier alpha value is -5.12. The number of carbonyl (C=O) groups excluding carboxylic acids is 4. The van der Waals surface area contributed by atoms with Gasteiger partial charge < -0.3 is 24.5 Å². The van der Waals surface area contributed by atoms with Crippen molar-refractivity contribution >= 4 is 41.1 Å². The lowest BCUT2D eigenvalue weighted by molar-refractivity contribution is -0.138. The van der Waals surface area contributed by atoms with E-state index in [0.29, 0.717) is 35.2 Å². The lowest BCUT2D eigenvalue weighted by atomic mass is 10.1. The van der Waals surface area contributed by atoms with Gasteiger partial charge in [-0.05, 0) is 75.4 Å². The molecule has 10 nitrogen and oxygen atoms in total. The van der Waals surface area contributed by atoms with Gasteiger partial charge in [-0.15, -0.1) is 0 Å². The fourth-order valence-corrected chi connectivity index (χ4v) is 4.12. The summed E-state index contributed by atoms with van der Waals surface area (Å²) in [5.74, 6) is -1.41. The van der Waals surface area contributed by atoms with Crippen molar-refractivity contribution in [3.05, 3.63) is 95.1 Å². The van der Waals surface area contributed by atoms with Crippen molar-refractivity contribution in [2.24, 2.45) is 0 Å². The molecule has 3 amide bonds. The summed E-state index contributed by atoms with van der Waals surface area (Å²) in [6.45, 7) is 5.83. The molecule has 0 atom stereocenters. The Kier molecular flexibility index (Phi) is 8.80. The fourth-order valence-electron chi connectivity index (χ4n) is 4.12. The summed E-state index contributed by atoms with van der Waals surface area (Å²) < 4.78 is 16.5. The van der Waals surface area contributed by atoms with E-state index < -0.39 is 23.7 Å². The molecule has 0 saturated heterocycles. The molecule has 206 valence electrons. The molecule has 0 radical (unpaired) electrons. The van der Waals surface area contributed by atoms with Crippen molar-refractivity contribution in [1.29, 1.82) is 0 Å². The standard InChI is InChI=1S/C30H29N3O7/c1-4-38-22-13-11-21(12-14-22)33-19(3)26(30(37)39-5-2)25(29(33)36)17-23-15-16-24(40-23)18-31-27(34)28(35)32-20-9-7-6-8-10-20/h6-17H,4-5,18H2,1-3H3,(H,31,34)(H,32,35)/b25-17+. The van der Waals surface area contributed by atoms with E-state index in [4.69, 9.17) is 13.9 Å². The normalized spacial score (nSPS) is 13.9. The first kappa shape index (κ1) is 27.9. The number of ether oxygens (including phenoxy) is 2. The van der Waals surface area contributed by atoms with Gasteiger partial charge in [0.05, 0.1) is 30.9 Å². The SMILES string of the molecule is CCOC(=O)C1=C(C)N(c2ccc(OCC)cc2)C(=O)/C1=C/c1ccc(CNC(=O)C(=O)Nc2ccccc2)o1. The van der Waals surface area contributed by atoms with Crippen LogP contribution >= 0.6 is 0 Å². The van der Waals surface area contributed by atoms with Crippen LogP contribution in [0.5, 0.6) is 5.75 Å². The predicted octanol–water partition coefficient (Wildman–Crippen LogP) is 4.20. The highest BCUT2D eigenvalue weighted by atomic mass is 16.5. The van der Waals surface area contributed by atoms with Crippen LogP contribution in [-0.2, 0) is 30.5 Å². The molecule has 10 heteroatoms. The van der Waals surface area contributed by atoms with E-state index in [-0.39, 0.29) is 30.1 Å². The van der Waals surface area contributed by atoms with Crippen LogP contribution in [0.3, 0.4) is 0 Å². The highest BCUT2D eigenvalue weighted by Crippen LogP contribution is 2.36. The number of furan rings is 1. The maximum Gasteiger partial charge on any atom is 0.340 e. The van der Waals surface area contributed by atoms with E-state index in [1.165, 1.54) is 11.0 Å². The monoisotopic (exact) mass is 543 g/mol. The number of benzene rings is 2. The summed E-state index contributed by atoms with van der Waals surface area (Å²) >= 11 is 0. The van der Waals surface area contributed by atoms with Crippen LogP contribution in [0, 0.1) is 0 Å². The number of allylic oxidation sites excluding steroid dienone is 1. The minimum absolute atomic E-state index is 0.0595. The molecule has 0 saturated carbocycles. The summed E-state index contributed by atoms with van der Waals surface area (Å²) in [5, 5.41) is 5.00. The third-order valence-corrected chi connectivity index (χ3v) is 5.92. The second kappa shape index (κ2) is 12.6. The summed E-state index contributed by atoms with van der Waals surface area (Å²) in [7, 11) is 0. The molecule has 1 aliphatic heterocycles. The molecule has 4 rings (SSSR count).